The molecule has 1 atom stereocenters. The van der Waals surface area contributed by atoms with Crippen LogP contribution in [0.1, 0.15) is 36.0 Å². The second-order valence-corrected chi connectivity index (χ2v) is 6.45. The fourth-order valence-electron chi connectivity index (χ4n) is 2.85. The Morgan fingerprint density at radius 3 is 2.91 bits per heavy atom. The minimum atomic E-state index is -0.489. The van der Waals surface area contributed by atoms with E-state index in [2.05, 4.69) is 10.3 Å². The van der Waals surface area contributed by atoms with Crippen LogP contribution in [0, 0.1) is 6.92 Å². The Kier molecular flexibility index (Phi) is 4.10. The van der Waals surface area contributed by atoms with Gasteiger partial charge in [-0.15, -0.1) is 11.3 Å². The molecule has 8 heteroatoms. The summed E-state index contributed by atoms with van der Waals surface area (Å²) < 4.78 is 0. The lowest BCUT2D eigenvalue weighted by molar-refractivity contribution is -0.139. The lowest BCUT2D eigenvalue weighted by atomic mass is 10.0. The van der Waals surface area contributed by atoms with Gasteiger partial charge < -0.3 is 10.2 Å². The summed E-state index contributed by atoms with van der Waals surface area (Å²) >= 11 is 1.56. The maximum absolute atomic E-state index is 12.6. The number of nitrogens with one attached hydrogen (secondary N) is 1. The van der Waals surface area contributed by atoms with Crippen molar-refractivity contribution in [2.45, 2.75) is 32.2 Å². The van der Waals surface area contributed by atoms with Gasteiger partial charge in [0.2, 0.25) is 5.91 Å². The maximum atomic E-state index is 12.6. The number of urea groups is 1. The lowest BCUT2D eigenvalue weighted by Crippen LogP contribution is -2.46. The number of piperidine rings is 1. The number of rotatable bonds is 3. The number of aryl methyl sites for hydroxylation is 1. The van der Waals surface area contributed by atoms with Gasteiger partial charge in [-0.3, -0.25) is 14.5 Å². The summed E-state index contributed by atoms with van der Waals surface area (Å²) in [7, 11) is 0. The minimum Gasteiger partial charge on any atom is -0.332 e. The molecule has 1 aromatic rings. The van der Waals surface area contributed by atoms with E-state index in [1.54, 1.807) is 16.2 Å². The molecule has 2 aliphatic rings. The smallest absolute Gasteiger partial charge is 0.325 e. The highest BCUT2D eigenvalue weighted by molar-refractivity contribution is 7.09. The molecule has 0 unspecified atom stereocenters. The second kappa shape index (κ2) is 6.04. The summed E-state index contributed by atoms with van der Waals surface area (Å²) in [6.07, 6.45) is 2.86. The van der Waals surface area contributed by atoms with Crippen molar-refractivity contribution in [3.05, 3.63) is 16.1 Å². The van der Waals surface area contributed by atoms with Crippen LogP contribution in [0.4, 0.5) is 4.79 Å². The average molecular weight is 322 g/mol. The zero-order chi connectivity index (χ0) is 15.7. The molecule has 0 spiro atoms. The molecule has 0 aliphatic carbocycles. The molecule has 0 radical (unpaired) electrons. The van der Waals surface area contributed by atoms with E-state index in [0.717, 1.165) is 34.9 Å². The predicted molar refractivity (Wildman–Crippen MR) is 80.3 cm³/mol. The highest BCUT2D eigenvalue weighted by Gasteiger charge is 2.35. The van der Waals surface area contributed by atoms with Crippen LogP contribution in [0.3, 0.4) is 0 Å². The SMILES string of the molecule is Cc1csc([C@@H]2CCCCN2C(=O)CN2C(=O)CNC2=O)n1. The number of thiazole rings is 1. The maximum Gasteiger partial charge on any atom is 0.325 e. The van der Waals surface area contributed by atoms with Crippen molar-refractivity contribution in [1.82, 2.24) is 20.1 Å². The largest absolute Gasteiger partial charge is 0.332 e. The van der Waals surface area contributed by atoms with Gasteiger partial charge >= 0.3 is 6.03 Å². The van der Waals surface area contributed by atoms with Gasteiger partial charge in [0, 0.05) is 17.6 Å². The van der Waals surface area contributed by atoms with Gasteiger partial charge in [-0.2, -0.15) is 0 Å². The van der Waals surface area contributed by atoms with Crippen molar-refractivity contribution in [1.29, 1.82) is 0 Å². The zero-order valence-electron chi connectivity index (χ0n) is 12.4. The van der Waals surface area contributed by atoms with Crippen molar-refractivity contribution >= 4 is 29.2 Å². The Morgan fingerprint density at radius 2 is 2.27 bits per heavy atom. The van der Waals surface area contributed by atoms with Gasteiger partial charge in [-0.1, -0.05) is 0 Å². The highest BCUT2D eigenvalue weighted by Crippen LogP contribution is 2.32. The highest BCUT2D eigenvalue weighted by atomic mass is 32.1. The lowest BCUT2D eigenvalue weighted by Gasteiger charge is -2.35. The van der Waals surface area contributed by atoms with Crippen molar-refractivity contribution in [3.8, 4) is 0 Å². The number of amides is 4. The number of aromatic nitrogens is 1. The zero-order valence-corrected chi connectivity index (χ0v) is 13.2. The molecular weight excluding hydrogens is 304 g/mol. The molecule has 3 rings (SSSR count). The van der Waals surface area contributed by atoms with Gasteiger partial charge in [0.15, 0.2) is 0 Å². The van der Waals surface area contributed by atoms with E-state index in [1.165, 1.54) is 0 Å². The van der Waals surface area contributed by atoms with E-state index in [-0.39, 0.29) is 30.9 Å². The van der Waals surface area contributed by atoms with Gasteiger partial charge in [-0.25, -0.2) is 9.78 Å². The van der Waals surface area contributed by atoms with E-state index in [9.17, 15) is 14.4 Å². The van der Waals surface area contributed by atoms with Crippen LogP contribution >= 0.6 is 11.3 Å². The Hall–Kier alpha value is -1.96. The molecule has 3 heterocycles. The number of imide groups is 1. The normalized spacial score (nSPS) is 22.1. The number of hydrogen-bond acceptors (Lipinski definition) is 5. The number of likely N-dealkylation sites (tertiary alicyclic amines) is 1. The average Bonchev–Trinajstić information content (AvgIpc) is 3.08. The van der Waals surface area contributed by atoms with Crippen molar-refractivity contribution < 1.29 is 14.4 Å². The number of carbonyl (C=O) groups is 3. The number of carbonyl (C=O) groups excluding carboxylic acids is 3. The van der Waals surface area contributed by atoms with Gasteiger partial charge in [0.05, 0.1) is 12.6 Å². The van der Waals surface area contributed by atoms with Crippen LogP contribution in [0.15, 0.2) is 5.38 Å². The van der Waals surface area contributed by atoms with Crippen LogP contribution in [0.5, 0.6) is 0 Å². The van der Waals surface area contributed by atoms with E-state index in [4.69, 9.17) is 0 Å². The first-order valence-electron chi connectivity index (χ1n) is 7.36. The van der Waals surface area contributed by atoms with Crippen LogP contribution in [0.2, 0.25) is 0 Å². The third-order valence-electron chi connectivity index (χ3n) is 3.98. The Balaban J connectivity index is 1.74. The monoisotopic (exact) mass is 322 g/mol. The molecule has 1 aromatic heterocycles. The molecule has 22 heavy (non-hydrogen) atoms. The molecule has 1 N–H and O–H groups in total. The Bertz CT molecular complexity index is 599. The van der Waals surface area contributed by atoms with Gasteiger partial charge in [0.1, 0.15) is 11.6 Å². The Morgan fingerprint density at radius 1 is 1.45 bits per heavy atom. The summed E-state index contributed by atoms with van der Waals surface area (Å²) in [5.41, 5.74) is 0.951. The molecule has 4 amide bonds. The van der Waals surface area contributed by atoms with Crippen molar-refractivity contribution in [2.75, 3.05) is 19.6 Å². The predicted octanol–water partition coefficient (Wildman–Crippen LogP) is 1.06. The summed E-state index contributed by atoms with van der Waals surface area (Å²) in [5, 5.41) is 5.34. The molecule has 2 aliphatic heterocycles. The first kappa shape index (κ1) is 15.0. The molecule has 7 nitrogen and oxygen atoms in total. The fraction of sp³-hybridized carbons (Fsp3) is 0.571. The van der Waals surface area contributed by atoms with Crippen LogP contribution in [-0.2, 0) is 9.59 Å². The molecule has 2 saturated heterocycles. The summed E-state index contributed by atoms with van der Waals surface area (Å²) in [6, 6.07) is -0.530. The van der Waals surface area contributed by atoms with Gasteiger partial charge in [0.25, 0.3) is 5.91 Å². The van der Waals surface area contributed by atoms with Crippen LogP contribution < -0.4 is 5.32 Å². The third kappa shape index (κ3) is 2.83. The summed E-state index contributed by atoms with van der Waals surface area (Å²) in [5.74, 6) is -0.542. The molecule has 118 valence electrons. The molecule has 2 fully saturated rings. The molecular formula is C14H18N4O3S. The third-order valence-corrected chi connectivity index (χ3v) is 5.04. The summed E-state index contributed by atoms with van der Waals surface area (Å²) in [4.78, 5) is 43.0. The molecule has 0 saturated carbocycles. The minimum absolute atomic E-state index is 0.0266. The topological polar surface area (TPSA) is 82.6 Å². The van der Waals surface area contributed by atoms with Crippen LogP contribution in [-0.4, -0.2) is 52.3 Å². The second-order valence-electron chi connectivity index (χ2n) is 5.56. The van der Waals surface area contributed by atoms with E-state index in [0.29, 0.717) is 6.54 Å². The number of nitrogens with zero attached hydrogens (tertiary/aromatic N) is 3. The molecule has 0 bridgehead atoms. The Labute approximate surface area is 132 Å². The standard InChI is InChI=1S/C14H18N4O3S/c1-9-8-22-13(16-9)10-4-2-3-5-17(10)12(20)7-18-11(19)6-15-14(18)21/h8,10H,2-7H2,1H3,(H,15,21)/t10-/m0/s1. The molecule has 0 aromatic carbocycles. The number of hydrogen-bond donors (Lipinski definition) is 1. The van der Waals surface area contributed by atoms with Crippen LogP contribution in [0.25, 0.3) is 0 Å². The summed E-state index contributed by atoms with van der Waals surface area (Å²) in [6.45, 7) is 2.36. The van der Waals surface area contributed by atoms with Crippen molar-refractivity contribution in [3.63, 3.8) is 0 Å². The first-order chi connectivity index (χ1) is 10.6. The van der Waals surface area contributed by atoms with Crippen molar-refractivity contribution in [2.24, 2.45) is 0 Å². The van der Waals surface area contributed by atoms with E-state index in [1.807, 2.05) is 12.3 Å². The van der Waals surface area contributed by atoms with E-state index < -0.39 is 6.03 Å². The quantitative estimate of drug-likeness (QED) is 0.844. The van der Waals surface area contributed by atoms with Gasteiger partial charge in [-0.05, 0) is 26.2 Å². The fourth-order valence-corrected chi connectivity index (χ4v) is 3.80. The van der Waals surface area contributed by atoms with E-state index >= 15 is 0 Å². The first-order valence-corrected chi connectivity index (χ1v) is 8.24.